The minimum absolute atomic E-state index is 0.475. The third kappa shape index (κ3) is 2.60. The summed E-state index contributed by atoms with van der Waals surface area (Å²) < 4.78 is 2.12. The Hall–Kier alpha value is -2.95. The number of para-hydroxylation sites is 2. The van der Waals surface area contributed by atoms with E-state index in [9.17, 15) is 0 Å². The van der Waals surface area contributed by atoms with E-state index >= 15 is 0 Å². The molecule has 1 saturated carbocycles. The zero-order chi connectivity index (χ0) is 17.3. The Balaban J connectivity index is 1.71. The molecule has 2 heterocycles. The molecule has 0 saturated heterocycles. The first kappa shape index (κ1) is 15.3. The molecule has 0 radical (unpaired) electrons. The number of rotatable bonds is 3. The van der Waals surface area contributed by atoms with Crippen LogP contribution in [0.5, 0.6) is 0 Å². The van der Waals surface area contributed by atoms with Crippen molar-refractivity contribution in [1.82, 2.24) is 19.6 Å². The number of benzene rings is 2. The quantitative estimate of drug-likeness (QED) is 0.586. The maximum Gasteiger partial charge on any atom is 0.229 e. The zero-order valence-electron chi connectivity index (χ0n) is 14.6. The molecule has 4 aromatic rings. The second-order valence-corrected chi connectivity index (χ2v) is 6.98. The zero-order valence-corrected chi connectivity index (χ0v) is 14.6. The molecule has 2 aromatic carbocycles. The van der Waals surface area contributed by atoms with E-state index in [1.165, 1.54) is 32.1 Å². The molecule has 1 fully saturated rings. The fourth-order valence-corrected chi connectivity index (χ4v) is 3.90. The van der Waals surface area contributed by atoms with E-state index in [4.69, 9.17) is 4.98 Å². The summed E-state index contributed by atoms with van der Waals surface area (Å²) in [5.41, 5.74) is 4.71. The van der Waals surface area contributed by atoms with E-state index in [2.05, 4.69) is 38.1 Å². The Morgan fingerprint density at radius 1 is 0.846 bits per heavy atom. The van der Waals surface area contributed by atoms with Gasteiger partial charge in [-0.15, -0.1) is 10.2 Å². The average Bonchev–Trinajstić information content (AvgIpc) is 3.13. The molecule has 1 aliphatic carbocycles. The standard InChI is InChI=1S/C21H21N5/c1-3-9-15(10-4-1)19-20-24-25-21(22-16-11-5-2-6-12-16)26(20)18-14-8-7-13-17(18)23-19/h1,3-4,7-10,13-14,16H,2,5-6,11-12H2,(H,22,25). The van der Waals surface area contributed by atoms with Gasteiger partial charge in [-0.2, -0.15) is 0 Å². The second kappa shape index (κ2) is 6.41. The van der Waals surface area contributed by atoms with Crippen LogP contribution in [0.4, 0.5) is 5.95 Å². The molecule has 5 rings (SSSR count). The molecule has 2 aromatic heterocycles. The Morgan fingerprint density at radius 2 is 1.62 bits per heavy atom. The molecule has 5 heteroatoms. The van der Waals surface area contributed by atoms with Crippen molar-refractivity contribution >= 4 is 22.6 Å². The van der Waals surface area contributed by atoms with E-state index in [0.717, 1.165) is 33.9 Å². The lowest BCUT2D eigenvalue weighted by Gasteiger charge is -2.22. The minimum Gasteiger partial charge on any atom is -0.351 e. The van der Waals surface area contributed by atoms with Gasteiger partial charge in [0.05, 0.1) is 11.0 Å². The molecular formula is C21H21N5. The van der Waals surface area contributed by atoms with Gasteiger partial charge in [0.15, 0.2) is 5.65 Å². The predicted molar refractivity (Wildman–Crippen MR) is 104 cm³/mol. The Kier molecular flexibility index (Phi) is 3.77. The van der Waals surface area contributed by atoms with Crippen molar-refractivity contribution in [3.05, 3.63) is 54.6 Å². The molecular weight excluding hydrogens is 322 g/mol. The third-order valence-corrected chi connectivity index (χ3v) is 5.22. The lowest BCUT2D eigenvalue weighted by atomic mass is 9.96. The summed E-state index contributed by atoms with van der Waals surface area (Å²) in [5, 5.41) is 12.6. The normalized spacial score (nSPS) is 15.5. The Labute approximate surface area is 152 Å². The second-order valence-electron chi connectivity index (χ2n) is 6.98. The summed E-state index contributed by atoms with van der Waals surface area (Å²) in [6.45, 7) is 0. The van der Waals surface area contributed by atoms with Gasteiger partial charge in [-0.3, -0.25) is 4.40 Å². The molecule has 130 valence electrons. The van der Waals surface area contributed by atoms with Crippen LogP contribution in [-0.2, 0) is 0 Å². The van der Waals surface area contributed by atoms with Gasteiger partial charge < -0.3 is 5.32 Å². The first-order chi connectivity index (χ1) is 12.9. The van der Waals surface area contributed by atoms with Gasteiger partial charge in [0.1, 0.15) is 5.69 Å². The van der Waals surface area contributed by atoms with Crippen LogP contribution < -0.4 is 5.32 Å². The van der Waals surface area contributed by atoms with Crippen LogP contribution >= 0.6 is 0 Å². The van der Waals surface area contributed by atoms with E-state index < -0.39 is 0 Å². The van der Waals surface area contributed by atoms with E-state index in [1.54, 1.807) is 0 Å². The van der Waals surface area contributed by atoms with Crippen LogP contribution in [0.2, 0.25) is 0 Å². The van der Waals surface area contributed by atoms with Crippen LogP contribution in [0.15, 0.2) is 54.6 Å². The maximum absolute atomic E-state index is 4.88. The van der Waals surface area contributed by atoms with Crippen molar-refractivity contribution in [2.45, 2.75) is 38.1 Å². The van der Waals surface area contributed by atoms with Gasteiger partial charge >= 0.3 is 0 Å². The van der Waals surface area contributed by atoms with E-state index in [-0.39, 0.29) is 0 Å². The van der Waals surface area contributed by atoms with Crippen molar-refractivity contribution in [2.75, 3.05) is 5.32 Å². The fraction of sp³-hybridized carbons (Fsp3) is 0.286. The van der Waals surface area contributed by atoms with Crippen LogP contribution in [0.1, 0.15) is 32.1 Å². The van der Waals surface area contributed by atoms with E-state index in [0.29, 0.717) is 6.04 Å². The van der Waals surface area contributed by atoms with Crippen molar-refractivity contribution < 1.29 is 0 Å². The minimum atomic E-state index is 0.475. The molecule has 0 bridgehead atoms. The van der Waals surface area contributed by atoms with Crippen LogP contribution in [-0.4, -0.2) is 25.6 Å². The lowest BCUT2D eigenvalue weighted by molar-refractivity contribution is 0.460. The van der Waals surface area contributed by atoms with Crippen molar-refractivity contribution in [2.24, 2.45) is 0 Å². The molecule has 0 aliphatic heterocycles. The maximum atomic E-state index is 4.88. The van der Waals surface area contributed by atoms with Crippen molar-refractivity contribution in [3.8, 4) is 11.3 Å². The molecule has 1 aliphatic rings. The first-order valence-corrected chi connectivity index (χ1v) is 9.36. The fourth-order valence-electron chi connectivity index (χ4n) is 3.90. The topological polar surface area (TPSA) is 55.1 Å². The predicted octanol–water partition coefficient (Wildman–Crippen LogP) is 4.69. The van der Waals surface area contributed by atoms with Gasteiger partial charge in [0.25, 0.3) is 0 Å². The lowest BCUT2D eigenvalue weighted by Crippen LogP contribution is -2.23. The summed E-state index contributed by atoms with van der Waals surface area (Å²) in [5.74, 6) is 0.822. The first-order valence-electron chi connectivity index (χ1n) is 9.36. The van der Waals surface area contributed by atoms with Crippen molar-refractivity contribution in [1.29, 1.82) is 0 Å². The molecule has 0 amide bonds. The van der Waals surface area contributed by atoms with Crippen LogP contribution in [0.3, 0.4) is 0 Å². The number of nitrogens with zero attached hydrogens (tertiary/aromatic N) is 4. The molecule has 5 nitrogen and oxygen atoms in total. The van der Waals surface area contributed by atoms with Gasteiger partial charge in [0, 0.05) is 11.6 Å². The summed E-state index contributed by atoms with van der Waals surface area (Å²) in [7, 11) is 0. The SMILES string of the molecule is c1ccc(-c2nc3ccccc3n3c(NC4CCCCC4)nnc23)cc1. The summed E-state index contributed by atoms with van der Waals surface area (Å²) in [4.78, 5) is 4.88. The Bertz CT molecular complexity index is 1050. The molecule has 0 spiro atoms. The highest BCUT2D eigenvalue weighted by Crippen LogP contribution is 2.28. The van der Waals surface area contributed by atoms with Gasteiger partial charge in [-0.05, 0) is 25.0 Å². The molecule has 0 atom stereocenters. The van der Waals surface area contributed by atoms with Gasteiger partial charge in [0.2, 0.25) is 5.95 Å². The molecule has 26 heavy (non-hydrogen) atoms. The van der Waals surface area contributed by atoms with Gasteiger partial charge in [-0.1, -0.05) is 61.7 Å². The highest BCUT2D eigenvalue weighted by molar-refractivity contribution is 5.86. The summed E-state index contributed by atoms with van der Waals surface area (Å²) >= 11 is 0. The van der Waals surface area contributed by atoms with E-state index in [1.807, 2.05) is 36.4 Å². The highest BCUT2D eigenvalue weighted by atomic mass is 15.3. The monoisotopic (exact) mass is 343 g/mol. The molecule has 1 N–H and O–H groups in total. The van der Waals surface area contributed by atoms with Crippen molar-refractivity contribution in [3.63, 3.8) is 0 Å². The summed E-state index contributed by atoms with van der Waals surface area (Å²) in [6.07, 6.45) is 6.30. The Morgan fingerprint density at radius 3 is 2.46 bits per heavy atom. The number of nitrogens with one attached hydrogen (secondary N) is 1. The number of hydrogen-bond acceptors (Lipinski definition) is 4. The number of fused-ring (bicyclic) bond motifs is 3. The summed E-state index contributed by atoms with van der Waals surface area (Å²) in [6, 6.07) is 18.9. The number of hydrogen-bond donors (Lipinski definition) is 1. The van der Waals surface area contributed by atoms with Gasteiger partial charge in [-0.25, -0.2) is 4.98 Å². The third-order valence-electron chi connectivity index (χ3n) is 5.22. The van der Waals surface area contributed by atoms with Crippen LogP contribution in [0.25, 0.3) is 27.9 Å². The molecule has 0 unspecified atom stereocenters. The highest BCUT2D eigenvalue weighted by Gasteiger charge is 2.19. The number of aromatic nitrogens is 4. The smallest absolute Gasteiger partial charge is 0.229 e. The number of anilines is 1. The largest absolute Gasteiger partial charge is 0.351 e. The average molecular weight is 343 g/mol. The van der Waals surface area contributed by atoms with Crippen LogP contribution in [0, 0.1) is 0 Å².